The van der Waals surface area contributed by atoms with Crippen molar-refractivity contribution in [3.05, 3.63) is 118 Å². The number of hydrogen-bond donors (Lipinski definition) is 1. The zero-order chi connectivity index (χ0) is 44.0. The maximum Gasteiger partial charge on any atom is 0.353 e. The summed E-state index contributed by atoms with van der Waals surface area (Å²) in [6.07, 6.45) is 38.1. The first-order chi connectivity index (χ1) is 32.1. The van der Waals surface area contributed by atoms with Gasteiger partial charge in [-0.15, -0.1) is 0 Å². The number of hydrogen-bond acceptors (Lipinski definition) is 3. The number of benzene rings is 4. The number of phenols is 1. The summed E-state index contributed by atoms with van der Waals surface area (Å²) in [6.45, 7) is 0. The smallest absolute Gasteiger partial charge is 0.353 e. The molecule has 3 nitrogen and oxygen atoms in total. The van der Waals surface area contributed by atoms with Crippen LogP contribution in [0.5, 0.6) is 5.75 Å². The molecule has 4 heteroatoms. The predicted molar refractivity (Wildman–Crippen MR) is 270 cm³/mol. The SMILES string of the molecule is O=C(OS(c1ccccc1)(c1c(C2CCCCC2)cc(C2CCCCC2)cc1C1CCCCC1)c1c(C2CCCCC2)cc(C2CCCCC2)cc1C1CCCCC1)c1ccccc1O. The maximum absolute atomic E-state index is 15.8. The first-order valence-corrected chi connectivity index (χ1v) is 28.9. The minimum Gasteiger partial charge on any atom is -0.507 e. The Labute approximate surface area is 394 Å². The van der Waals surface area contributed by atoms with Gasteiger partial charge in [-0.1, -0.05) is 170 Å². The number of phenolic OH excluding ortho intramolecular Hbond substituents is 1. The summed E-state index contributed by atoms with van der Waals surface area (Å²) >= 11 is 0. The minimum atomic E-state index is -2.77. The molecular weight excluding hydrogens is 813 g/mol. The molecule has 0 aromatic heterocycles. The highest BCUT2D eigenvalue weighted by Crippen LogP contribution is 2.76. The van der Waals surface area contributed by atoms with Gasteiger partial charge >= 0.3 is 5.97 Å². The largest absolute Gasteiger partial charge is 0.507 e. The highest BCUT2D eigenvalue weighted by atomic mass is 32.3. The molecule has 0 atom stereocenters. The molecule has 4 aromatic carbocycles. The number of carbonyl (C=O) groups is 1. The summed E-state index contributed by atoms with van der Waals surface area (Å²) in [7, 11) is -2.77. The van der Waals surface area contributed by atoms with Crippen LogP contribution in [0, 0.1) is 0 Å². The molecule has 0 bridgehead atoms. The van der Waals surface area contributed by atoms with Crippen LogP contribution in [0.2, 0.25) is 0 Å². The van der Waals surface area contributed by atoms with Gasteiger partial charge < -0.3 is 9.29 Å². The van der Waals surface area contributed by atoms with Crippen molar-refractivity contribution in [1.82, 2.24) is 0 Å². The van der Waals surface area contributed by atoms with E-state index in [1.807, 2.05) is 12.1 Å². The van der Waals surface area contributed by atoms with Gasteiger partial charge in [-0.05, 0) is 181 Å². The Morgan fingerprint density at radius 2 is 0.708 bits per heavy atom. The van der Waals surface area contributed by atoms with Crippen LogP contribution in [0.15, 0.2) is 93.5 Å². The highest BCUT2D eigenvalue weighted by molar-refractivity contribution is 8.30. The Bertz CT molecular complexity index is 2010. The van der Waals surface area contributed by atoms with E-state index in [9.17, 15) is 5.11 Å². The first kappa shape index (κ1) is 45.3. The Hall–Kier alpha value is -3.50. The molecule has 10 rings (SSSR count). The molecule has 0 radical (unpaired) electrons. The Balaban J connectivity index is 1.36. The first-order valence-electron chi connectivity index (χ1n) is 27.3. The molecule has 0 spiro atoms. The van der Waals surface area contributed by atoms with E-state index in [1.54, 1.807) is 23.3 Å². The third kappa shape index (κ3) is 9.65. The molecule has 0 amide bonds. The standard InChI is InChI=1S/C61H80O3S/c62-58-39-23-22-38-53(58)61(63)64-65(52-36-20-7-21-37-52,59-54(46-28-12-3-13-29-46)40-50(44-24-8-1-9-25-44)41-55(59)47-30-14-4-15-31-47)60-56(48-32-16-5-17-33-48)42-51(45-26-10-2-11-27-45)43-57(60)49-34-18-6-19-35-49/h7,20-23,36-49,62H,1-6,8-19,24-35H2. The zero-order valence-electron chi connectivity index (χ0n) is 39.9. The van der Waals surface area contributed by atoms with Gasteiger partial charge in [-0.3, -0.25) is 0 Å². The Morgan fingerprint density at radius 1 is 0.400 bits per heavy atom. The van der Waals surface area contributed by atoms with Crippen LogP contribution in [0.1, 0.15) is 272 Å². The number of rotatable bonds is 11. The van der Waals surface area contributed by atoms with E-state index in [4.69, 9.17) is 4.18 Å². The molecule has 0 saturated heterocycles. The van der Waals surface area contributed by atoms with E-state index in [2.05, 4.69) is 54.6 Å². The van der Waals surface area contributed by atoms with E-state index < -0.39 is 10.3 Å². The molecule has 6 saturated carbocycles. The molecule has 6 fully saturated rings. The molecule has 0 unspecified atom stereocenters. The highest BCUT2D eigenvalue weighted by Gasteiger charge is 2.47. The third-order valence-electron chi connectivity index (χ3n) is 17.6. The van der Waals surface area contributed by atoms with Crippen LogP contribution >= 0.6 is 10.3 Å². The monoisotopic (exact) mass is 893 g/mol. The molecule has 6 aliphatic carbocycles. The molecular formula is C61H80O3S. The van der Waals surface area contributed by atoms with Crippen molar-refractivity contribution >= 4 is 16.3 Å². The molecule has 65 heavy (non-hydrogen) atoms. The fourth-order valence-electron chi connectivity index (χ4n) is 14.2. The average molecular weight is 893 g/mol. The minimum absolute atomic E-state index is 0.0131. The molecule has 1 N–H and O–H groups in total. The second-order valence-corrected chi connectivity index (χ2v) is 24.4. The normalized spacial score (nSPS) is 22.2. The lowest BCUT2D eigenvalue weighted by Gasteiger charge is -2.48. The van der Waals surface area contributed by atoms with Crippen LogP contribution in [-0.4, -0.2) is 11.1 Å². The van der Waals surface area contributed by atoms with Crippen LogP contribution in [0.25, 0.3) is 0 Å². The molecule has 0 heterocycles. The lowest BCUT2D eigenvalue weighted by atomic mass is 9.76. The van der Waals surface area contributed by atoms with Crippen molar-refractivity contribution in [3.8, 4) is 5.75 Å². The van der Waals surface area contributed by atoms with Crippen molar-refractivity contribution in [2.45, 2.75) is 243 Å². The van der Waals surface area contributed by atoms with E-state index in [0.717, 1.165) is 0 Å². The average Bonchev–Trinajstić information content (AvgIpc) is 3.39. The van der Waals surface area contributed by atoms with Gasteiger partial charge in [0, 0.05) is 14.7 Å². The van der Waals surface area contributed by atoms with Gasteiger partial charge in [-0.2, -0.15) is 0 Å². The molecule has 6 aliphatic rings. The van der Waals surface area contributed by atoms with Crippen molar-refractivity contribution < 1.29 is 14.1 Å². The quantitative estimate of drug-likeness (QED) is 0.163. The zero-order valence-corrected chi connectivity index (χ0v) is 40.7. The van der Waals surface area contributed by atoms with E-state index in [-0.39, 0.29) is 17.3 Å². The number of carbonyl (C=O) groups excluding carboxylic acids is 1. The summed E-state index contributed by atoms with van der Waals surface area (Å²) in [4.78, 5) is 19.8. The predicted octanol–water partition coefficient (Wildman–Crippen LogP) is 18.7. The fraction of sp³-hybridized carbons (Fsp3) is 0.590. The van der Waals surface area contributed by atoms with Crippen LogP contribution in [-0.2, 0) is 4.18 Å². The van der Waals surface area contributed by atoms with Gasteiger partial charge in [0.1, 0.15) is 11.3 Å². The van der Waals surface area contributed by atoms with Crippen molar-refractivity contribution in [1.29, 1.82) is 0 Å². The second kappa shape index (κ2) is 21.2. The van der Waals surface area contributed by atoms with E-state index in [1.165, 1.54) is 230 Å². The fourth-order valence-corrected chi connectivity index (χ4v) is 18.2. The summed E-state index contributed by atoms with van der Waals surface area (Å²) in [5.74, 6) is 2.56. The maximum atomic E-state index is 15.8. The van der Waals surface area contributed by atoms with Gasteiger partial charge in [0.25, 0.3) is 0 Å². The number of aromatic hydroxyl groups is 1. The Kier molecular flexibility index (Phi) is 14.8. The summed E-state index contributed by atoms with van der Waals surface area (Å²) in [6, 6.07) is 29.5. The third-order valence-corrected chi connectivity index (χ3v) is 21.1. The van der Waals surface area contributed by atoms with Crippen molar-refractivity contribution in [3.63, 3.8) is 0 Å². The van der Waals surface area contributed by atoms with Gasteiger partial charge in [0.15, 0.2) is 0 Å². The van der Waals surface area contributed by atoms with Crippen LogP contribution < -0.4 is 0 Å². The van der Waals surface area contributed by atoms with Crippen molar-refractivity contribution in [2.24, 2.45) is 0 Å². The van der Waals surface area contributed by atoms with Gasteiger partial charge in [0.2, 0.25) is 0 Å². The molecule has 348 valence electrons. The summed E-state index contributed by atoms with van der Waals surface area (Å²) in [5.41, 5.74) is 9.55. The van der Waals surface area contributed by atoms with Crippen molar-refractivity contribution in [2.75, 3.05) is 0 Å². The Morgan fingerprint density at radius 3 is 1.05 bits per heavy atom. The second-order valence-electron chi connectivity index (χ2n) is 21.8. The summed E-state index contributed by atoms with van der Waals surface area (Å²) < 4.78 is 8.04. The molecule has 0 aliphatic heterocycles. The summed E-state index contributed by atoms with van der Waals surface area (Å²) in [5, 5.41) is 11.6. The van der Waals surface area contributed by atoms with Crippen LogP contribution in [0.4, 0.5) is 0 Å². The van der Waals surface area contributed by atoms with Gasteiger partial charge in [-0.25, -0.2) is 4.79 Å². The topological polar surface area (TPSA) is 46.5 Å². The number of para-hydroxylation sites is 1. The van der Waals surface area contributed by atoms with Crippen LogP contribution in [0.3, 0.4) is 0 Å². The lowest BCUT2D eigenvalue weighted by molar-refractivity contribution is 0.0753. The van der Waals surface area contributed by atoms with E-state index >= 15 is 4.79 Å². The van der Waals surface area contributed by atoms with Gasteiger partial charge in [0.05, 0.1) is 0 Å². The molecule has 4 aromatic rings. The lowest BCUT2D eigenvalue weighted by Crippen LogP contribution is -2.25. The van der Waals surface area contributed by atoms with E-state index in [0.29, 0.717) is 35.5 Å².